The molecule has 1 fully saturated rings. The molecule has 15 heavy (non-hydrogen) atoms. The van der Waals surface area contributed by atoms with Crippen LogP contribution in [0.2, 0.25) is 0 Å². The molecule has 1 aromatic rings. The van der Waals surface area contributed by atoms with Crippen molar-refractivity contribution in [2.24, 2.45) is 0 Å². The molecule has 1 aromatic carbocycles. The summed E-state index contributed by atoms with van der Waals surface area (Å²) in [6, 6.07) is 9.83. The number of hydrogen-bond acceptors (Lipinski definition) is 3. The Hall–Kier alpha value is -0.900. The van der Waals surface area contributed by atoms with Gasteiger partial charge in [0.15, 0.2) is 0 Å². The molecule has 0 spiro atoms. The third kappa shape index (κ3) is 2.56. The topological polar surface area (TPSA) is 52.5 Å². The van der Waals surface area contributed by atoms with E-state index in [1.807, 2.05) is 30.3 Å². The Morgan fingerprint density at radius 3 is 2.27 bits per heavy atom. The van der Waals surface area contributed by atoms with E-state index in [1.165, 1.54) is 5.56 Å². The Kier molecular flexibility index (Phi) is 3.36. The van der Waals surface area contributed by atoms with E-state index in [0.29, 0.717) is 19.4 Å². The molecule has 1 aliphatic carbocycles. The van der Waals surface area contributed by atoms with Crippen LogP contribution >= 0.6 is 0 Å². The van der Waals surface area contributed by atoms with Crippen molar-refractivity contribution in [3.05, 3.63) is 35.9 Å². The average Bonchev–Trinajstić information content (AvgIpc) is 2.58. The second-order valence-electron chi connectivity index (χ2n) is 4.10. The average molecular weight is 207 g/mol. The van der Waals surface area contributed by atoms with E-state index in [4.69, 9.17) is 0 Å². The summed E-state index contributed by atoms with van der Waals surface area (Å²) in [4.78, 5) is 0. The van der Waals surface area contributed by atoms with Gasteiger partial charge in [-0.3, -0.25) is 0 Å². The van der Waals surface area contributed by atoms with E-state index in [2.05, 4.69) is 5.32 Å². The van der Waals surface area contributed by atoms with Crippen molar-refractivity contribution in [1.82, 2.24) is 5.32 Å². The molecular weight excluding hydrogens is 190 g/mol. The summed E-state index contributed by atoms with van der Waals surface area (Å²) in [5, 5.41) is 22.4. The van der Waals surface area contributed by atoms with Gasteiger partial charge in [0.25, 0.3) is 0 Å². The predicted octanol–water partition coefficient (Wildman–Crippen LogP) is 0.660. The van der Waals surface area contributed by atoms with E-state index in [0.717, 1.165) is 0 Å². The van der Waals surface area contributed by atoms with Crippen molar-refractivity contribution in [1.29, 1.82) is 0 Å². The van der Waals surface area contributed by atoms with Crippen LogP contribution < -0.4 is 5.32 Å². The fourth-order valence-electron chi connectivity index (χ4n) is 2.06. The summed E-state index contributed by atoms with van der Waals surface area (Å²) in [5.74, 6) is 0. The highest BCUT2D eigenvalue weighted by Gasteiger charge is 2.32. The molecule has 2 rings (SSSR count). The smallest absolute Gasteiger partial charge is 0.0719 e. The minimum atomic E-state index is -0.413. The van der Waals surface area contributed by atoms with Crippen LogP contribution in [0.15, 0.2) is 30.3 Å². The molecule has 82 valence electrons. The van der Waals surface area contributed by atoms with Crippen molar-refractivity contribution in [3.63, 3.8) is 0 Å². The molecule has 0 radical (unpaired) electrons. The van der Waals surface area contributed by atoms with Gasteiger partial charge in [-0.15, -0.1) is 0 Å². The number of rotatable bonds is 3. The lowest BCUT2D eigenvalue weighted by Crippen LogP contribution is -2.42. The lowest BCUT2D eigenvalue weighted by atomic mass is 10.1. The van der Waals surface area contributed by atoms with Crippen LogP contribution in [0.1, 0.15) is 18.4 Å². The highest BCUT2D eigenvalue weighted by Crippen LogP contribution is 2.20. The Morgan fingerprint density at radius 2 is 1.67 bits per heavy atom. The molecule has 0 aromatic heterocycles. The molecule has 0 aliphatic heterocycles. The number of nitrogens with one attached hydrogen (secondary N) is 1. The van der Waals surface area contributed by atoms with E-state index < -0.39 is 12.2 Å². The van der Waals surface area contributed by atoms with Crippen molar-refractivity contribution < 1.29 is 10.2 Å². The lowest BCUT2D eigenvalue weighted by Gasteiger charge is -2.19. The summed E-state index contributed by atoms with van der Waals surface area (Å²) in [7, 11) is 0. The first-order chi connectivity index (χ1) is 7.27. The maximum absolute atomic E-state index is 9.61. The third-order valence-corrected chi connectivity index (χ3v) is 2.97. The van der Waals surface area contributed by atoms with E-state index in [-0.39, 0.29) is 6.04 Å². The molecule has 0 unspecified atom stereocenters. The Morgan fingerprint density at radius 1 is 1.07 bits per heavy atom. The summed E-state index contributed by atoms with van der Waals surface area (Å²) >= 11 is 0. The van der Waals surface area contributed by atoms with Gasteiger partial charge in [0.05, 0.1) is 18.2 Å². The molecule has 3 heteroatoms. The van der Waals surface area contributed by atoms with Crippen molar-refractivity contribution >= 4 is 0 Å². The normalized spacial score (nSPS) is 30.7. The quantitative estimate of drug-likeness (QED) is 0.682. The highest BCUT2D eigenvalue weighted by molar-refractivity contribution is 5.14. The zero-order chi connectivity index (χ0) is 10.7. The zero-order valence-corrected chi connectivity index (χ0v) is 8.63. The van der Waals surface area contributed by atoms with Gasteiger partial charge in [-0.05, 0) is 18.4 Å². The van der Waals surface area contributed by atoms with Gasteiger partial charge in [0.1, 0.15) is 0 Å². The number of hydrogen-bond donors (Lipinski definition) is 3. The van der Waals surface area contributed by atoms with E-state index >= 15 is 0 Å². The minimum absolute atomic E-state index is 0.176. The summed E-state index contributed by atoms with van der Waals surface area (Å²) in [6.45, 7) is 0.694. The van der Waals surface area contributed by atoms with E-state index in [9.17, 15) is 10.2 Å². The zero-order valence-electron chi connectivity index (χ0n) is 8.63. The fourth-order valence-corrected chi connectivity index (χ4v) is 2.06. The van der Waals surface area contributed by atoms with Crippen LogP contribution in [-0.4, -0.2) is 28.5 Å². The highest BCUT2D eigenvalue weighted by atomic mass is 16.3. The van der Waals surface area contributed by atoms with Crippen molar-refractivity contribution in [2.45, 2.75) is 37.6 Å². The largest absolute Gasteiger partial charge is 0.391 e. The maximum atomic E-state index is 9.61. The van der Waals surface area contributed by atoms with Gasteiger partial charge >= 0.3 is 0 Å². The third-order valence-electron chi connectivity index (χ3n) is 2.97. The minimum Gasteiger partial charge on any atom is -0.391 e. The second kappa shape index (κ2) is 4.75. The van der Waals surface area contributed by atoms with Gasteiger partial charge in [-0.25, -0.2) is 0 Å². The first-order valence-corrected chi connectivity index (χ1v) is 5.41. The van der Waals surface area contributed by atoms with Crippen LogP contribution in [0.25, 0.3) is 0 Å². The number of benzene rings is 1. The Bertz CT molecular complexity index is 292. The monoisotopic (exact) mass is 207 g/mol. The summed E-state index contributed by atoms with van der Waals surface area (Å²) in [6.07, 6.45) is 0.550. The van der Waals surface area contributed by atoms with Crippen LogP contribution in [0.4, 0.5) is 0 Å². The van der Waals surface area contributed by atoms with Crippen molar-refractivity contribution in [2.75, 3.05) is 0 Å². The standard InChI is InChI=1S/C12H17NO2/c14-10-6-7-11(15)12(10)13-8-9-4-2-1-3-5-9/h1-5,10-15H,6-8H2/t10-,11+,12+. The van der Waals surface area contributed by atoms with Gasteiger partial charge in [-0.2, -0.15) is 0 Å². The number of aliphatic hydroxyl groups is 2. The van der Waals surface area contributed by atoms with Crippen molar-refractivity contribution in [3.8, 4) is 0 Å². The SMILES string of the molecule is O[C@@H]1CC[C@H](O)[C@H]1NCc1ccccc1. The molecule has 1 saturated carbocycles. The first kappa shape index (κ1) is 10.6. The maximum Gasteiger partial charge on any atom is 0.0719 e. The van der Waals surface area contributed by atoms with Gasteiger partial charge in [0, 0.05) is 6.54 Å². The molecule has 3 nitrogen and oxygen atoms in total. The van der Waals surface area contributed by atoms with Gasteiger partial charge in [0.2, 0.25) is 0 Å². The van der Waals surface area contributed by atoms with Gasteiger partial charge < -0.3 is 15.5 Å². The van der Waals surface area contributed by atoms with E-state index in [1.54, 1.807) is 0 Å². The lowest BCUT2D eigenvalue weighted by molar-refractivity contribution is 0.0892. The van der Waals surface area contributed by atoms with Crippen LogP contribution in [0.5, 0.6) is 0 Å². The van der Waals surface area contributed by atoms with Crippen LogP contribution in [-0.2, 0) is 6.54 Å². The molecule has 1 aliphatic rings. The van der Waals surface area contributed by atoms with Crippen LogP contribution in [0, 0.1) is 0 Å². The predicted molar refractivity (Wildman–Crippen MR) is 58.3 cm³/mol. The summed E-state index contributed by atoms with van der Waals surface area (Å²) in [5.41, 5.74) is 1.17. The van der Waals surface area contributed by atoms with Crippen LogP contribution in [0.3, 0.4) is 0 Å². The molecule has 0 bridgehead atoms. The fraction of sp³-hybridized carbons (Fsp3) is 0.500. The molecule has 0 amide bonds. The molecule has 0 saturated heterocycles. The molecule has 3 atom stereocenters. The Balaban J connectivity index is 1.88. The molecular formula is C12H17NO2. The summed E-state index contributed by atoms with van der Waals surface area (Å²) < 4.78 is 0. The second-order valence-corrected chi connectivity index (χ2v) is 4.10. The number of aliphatic hydroxyl groups excluding tert-OH is 2. The Labute approximate surface area is 89.8 Å². The molecule has 3 N–H and O–H groups in total. The van der Waals surface area contributed by atoms with Gasteiger partial charge in [-0.1, -0.05) is 30.3 Å². The first-order valence-electron chi connectivity index (χ1n) is 5.41. The molecule has 0 heterocycles.